The fraction of sp³-hybridized carbons (Fsp3) is 0.385. The van der Waals surface area contributed by atoms with Gasteiger partial charge in [0.05, 0.1) is 5.56 Å². The molecule has 1 aliphatic carbocycles. The number of rotatable bonds is 2. The Labute approximate surface area is 112 Å². The van der Waals surface area contributed by atoms with Crippen molar-refractivity contribution in [2.75, 3.05) is 0 Å². The van der Waals surface area contributed by atoms with E-state index >= 15 is 0 Å². The summed E-state index contributed by atoms with van der Waals surface area (Å²) in [5.41, 5.74) is -1.83. The minimum Gasteiger partial charge on any atom is -0.382 e. The zero-order valence-electron chi connectivity index (χ0n) is 10.6. The molecule has 7 heteroatoms. The molecule has 106 valence electrons. The number of benzene rings is 1. The SMILES string of the molecule is Cn1c(-c2ccccc2C(F)(F)F)nnc1C1(O)CC1. The van der Waals surface area contributed by atoms with Crippen LogP contribution in [0.1, 0.15) is 24.2 Å². The highest BCUT2D eigenvalue weighted by molar-refractivity contribution is 5.61. The minimum atomic E-state index is -4.46. The molecular formula is C13H12F3N3O. The fourth-order valence-corrected chi connectivity index (χ4v) is 2.24. The molecule has 1 aliphatic rings. The van der Waals surface area contributed by atoms with E-state index in [2.05, 4.69) is 10.2 Å². The van der Waals surface area contributed by atoms with Crippen LogP contribution in [0.15, 0.2) is 24.3 Å². The summed E-state index contributed by atoms with van der Waals surface area (Å²) in [5.74, 6) is 0.415. The molecule has 0 atom stereocenters. The summed E-state index contributed by atoms with van der Waals surface area (Å²) >= 11 is 0. The van der Waals surface area contributed by atoms with Gasteiger partial charge >= 0.3 is 6.18 Å². The molecule has 1 saturated carbocycles. The van der Waals surface area contributed by atoms with Gasteiger partial charge in [-0.05, 0) is 18.9 Å². The quantitative estimate of drug-likeness (QED) is 0.921. The molecule has 0 radical (unpaired) electrons. The molecule has 0 spiro atoms. The third-order valence-electron chi connectivity index (χ3n) is 3.49. The van der Waals surface area contributed by atoms with Gasteiger partial charge in [0.2, 0.25) is 0 Å². The van der Waals surface area contributed by atoms with Crippen LogP contribution < -0.4 is 0 Å². The van der Waals surface area contributed by atoms with Crippen molar-refractivity contribution in [2.45, 2.75) is 24.6 Å². The summed E-state index contributed by atoms with van der Waals surface area (Å²) in [7, 11) is 1.56. The van der Waals surface area contributed by atoms with Gasteiger partial charge in [-0.2, -0.15) is 13.2 Å². The molecule has 1 aromatic heterocycles. The molecule has 1 aromatic carbocycles. The lowest BCUT2D eigenvalue weighted by Crippen LogP contribution is -2.13. The van der Waals surface area contributed by atoms with Crippen LogP contribution in [0.25, 0.3) is 11.4 Å². The van der Waals surface area contributed by atoms with Gasteiger partial charge in [0.15, 0.2) is 11.6 Å². The third kappa shape index (κ3) is 1.98. The zero-order valence-corrected chi connectivity index (χ0v) is 10.6. The number of aliphatic hydroxyl groups is 1. The van der Waals surface area contributed by atoms with Gasteiger partial charge in [-0.1, -0.05) is 18.2 Å². The van der Waals surface area contributed by atoms with Crippen molar-refractivity contribution < 1.29 is 18.3 Å². The Kier molecular flexibility index (Phi) is 2.66. The molecule has 4 nitrogen and oxygen atoms in total. The van der Waals surface area contributed by atoms with E-state index in [-0.39, 0.29) is 11.4 Å². The Bertz CT molecular complexity index is 659. The Morgan fingerprint density at radius 2 is 1.85 bits per heavy atom. The van der Waals surface area contributed by atoms with Crippen molar-refractivity contribution >= 4 is 0 Å². The summed E-state index contributed by atoms with van der Waals surface area (Å²) in [4.78, 5) is 0. The second-order valence-electron chi connectivity index (χ2n) is 4.98. The number of halogens is 3. The maximum Gasteiger partial charge on any atom is 0.417 e. The van der Waals surface area contributed by atoms with Crippen molar-refractivity contribution in [2.24, 2.45) is 7.05 Å². The van der Waals surface area contributed by atoms with Crippen molar-refractivity contribution in [3.8, 4) is 11.4 Å². The monoisotopic (exact) mass is 283 g/mol. The van der Waals surface area contributed by atoms with E-state index in [1.54, 1.807) is 7.05 Å². The number of hydrogen-bond donors (Lipinski definition) is 1. The van der Waals surface area contributed by atoms with Crippen LogP contribution in [-0.4, -0.2) is 19.9 Å². The lowest BCUT2D eigenvalue weighted by Gasteiger charge is -2.13. The van der Waals surface area contributed by atoms with E-state index < -0.39 is 17.3 Å². The largest absolute Gasteiger partial charge is 0.417 e. The first-order chi connectivity index (χ1) is 9.33. The Balaban J connectivity index is 2.13. The normalized spacial score (nSPS) is 17.2. The zero-order chi connectivity index (χ0) is 14.5. The Hall–Kier alpha value is -1.89. The first-order valence-corrected chi connectivity index (χ1v) is 6.12. The van der Waals surface area contributed by atoms with E-state index in [1.165, 1.54) is 22.8 Å². The number of aromatic nitrogens is 3. The Morgan fingerprint density at radius 1 is 1.20 bits per heavy atom. The van der Waals surface area contributed by atoms with E-state index in [0.29, 0.717) is 18.7 Å². The van der Waals surface area contributed by atoms with Crippen molar-refractivity contribution in [3.05, 3.63) is 35.7 Å². The summed E-state index contributed by atoms with van der Waals surface area (Å²) in [6.45, 7) is 0. The maximum absolute atomic E-state index is 13.0. The van der Waals surface area contributed by atoms with Crippen LogP contribution in [0.2, 0.25) is 0 Å². The van der Waals surface area contributed by atoms with Gasteiger partial charge < -0.3 is 9.67 Å². The minimum absolute atomic E-state index is 0.0366. The molecule has 0 unspecified atom stereocenters. The number of nitrogens with zero attached hydrogens (tertiary/aromatic N) is 3. The molecule has 1 fully saturated rings. The highest BCUT2D eigenvalue weighted by Gasteiger charge is 2.47. The fourth-order valence-electron chi connectivity index (χ4n) is 2.24. The summed E-state index contributed by atoms with van der Waals surface area (Å²) in [5, 5.41) is 17.7. The predicted molar refractivity (Wildman–Crippen MR) is 64.6 cm³/mol. The first kappa shape index (κ1) is 13.1. The highest BCUT2D eigenvalue weighted by Crippen LogP contribution is 2.45. The second-order valence-corrected chi connectivity index (χ2v) is 4.98. The number of alkyl halides is 3. The molecule has 20 heavy (non-hydrogen) atoms. The average molecular weight is 283 g/mol. The summed E-state index contributed by atoms with van der Waals surface area (Å²) in [6.07, 6.45) is -3.35. The third-order valence-corrected chi connectivity index (χ3v) is 3.49. The van der Waals surface area contributed by atoms with Gasteiger partial charge in [0.25, 0.3) is 0 Å². The standard InChI is InChI=1S/C13H12F3N3O/c1-19-10(17-18-11(19)12(20)6-7-12)8-4-2-3-5-9(8)13(14,15)16/h2-5,20H,6-7H2,1H3. The summed E-state index contributed by atoms with van der Waals surface area (Å²) < 4.78 is 40.5. The molecule has 2 aromatic rings. The van der Waals surface area contributed by atoms with E-state index in [4.69, 9.17) is 0 Å². The van der Waals surface area contributed by atoms with Crippen LogP contribution >= 0.6 is 0 Å². The lowest BCUT2D eigenvalue weighted by molar-refractivity contribution is -0.137. The number of hydrogen-bond acceptors (Lipinski definition) is 3. The lowest BCUT2D eigenvalue weighted by atomic mass is 10.1. The molecule has 1 heterocycles. The predicted octanol–water partition coefficient (Wildman–Crippen LogP) is 2.48. The van der Waals surface area contributed by atoms with Gasteiger partial charge in [0.1, 0.15) is 5.60 Å². The first-order valence-electron chi connectivity index (χ1n) is 6.12. The molecule has 0 bridgehead atoms. The maximum atomic E-state index is 13.0. The molecule has 0 aliphatic heterocycles. The van der Waals surface area contributed by atoms with Gasteiger partial charge in [-0.25, -0.2) is 0 Å². The average Bonchev–Trinajstić information content (AvgIpc) is 2.99. The van der Waals surface area contributed by atoms with Crippen LogP contribution in [0.5, 0.6) is 0 Å². The summed E-state index contributed by atoms with van der Waals surface area (Å²) in [6, 6.07) is 5.21. The molecule has 1 N–H and O–H groups in total. The van der Waals surface area contributed by atoms with Crippen LogP contribution in [0.3, 0.4) is 0 Å². The van der Waals surface area contributed by atoms with E-state index in [9.17, 15) is 18.3 Å². The van der Waals surface area contributed by atoms with Crippen molar-refractivity contribution in [3.63, 3.8) is 0 Å². The van der Waals surface area contributed by atoms with Gasteiger partial charge in [-0.15, -0.1) is 10.2 Å². The van der Waals surface area contributed by atoms with Gasteiger partial charge in [-0.3, -0.25) is 0 Å². The molecular weight excluding hydrogens is 271 g/mol. The van der Waals surface area contributed by atoms with Crippen molar-refractivity contribution in [1.29, 1.82) is 0 Å². The van der Waals surface area contributed by atoms with Crippen LogP contribution in [0.4, 0.5) is 13.2 Å². The van der Waals surface area contributed by atoms with Crippen LogP contribution in [-0.2, 0) is 18.8 Å². The molecule has 3 rings (SSSR count). The molecule has 0 saturated heterocycles. The second kappa shape index (κ2) is 4.05. The smallest absolute Gasteiger partial charge is 0.382 e. The van der Waals surface area contributed by atoms with E-state index in [0.717, 1.165) is 6.07 Å². The topological polar surface area (TPSA) is 50.9 Å². The van der Waals surface area contributed by atoms with Gasteiger partial charge in [0, 0.05) is 12.6 Å². The molecule has 0 amide bonds. The van der Waals surface area contributed by atoms with Crippen molar-refractivity contribution in [1.82, 2.24) is 14.8 Å². The van der Waals surface area contributed by atoms with E-state index in [1.807, 2.05) is 0 Å². The Morgan fingerprint density at radius 3 is 2.45 bits per heavy atom. The van der Waals surface area contributed by atoms with Crippen LogP contribution in [0, 0.1) is 0 Å². The highest BCUT2D eigenvalue weighted by atomic mass is 19.4.